The second kappa shape index (κ2) is 6.27. The fourth-order valence-electron chi connectivity index (χ4n) is 2.06. The first kappa shape index (κ1) is 14.2. The molecule has 1 aromatic rings. The van der Waals surface area contributed by atoms with Crippen LogP contribution in [-0.2, 0) is 9.59 Å². The van der Waals surface area contributed by atoms with Crippen molar-refractivity contribution in [3.63, 3.8) is 0 Å². The lowest BCUT2D eigenvalue weighted by Gasteiger charge is -2.27. The van der Waals surface area contributed by atoms with Crippen LogP contribution in [0.2, 0.25) is 0 Å². The molecule has 0 bridgehead atoms. The first-order valence-electron chi connectivity index (χ1n) is 6.62. The zero-order valence-corrected chi connectivity index (χ0v) is 11.3. The maximum absolute atomic E-state index is 12.1. The summed E-state index contributed by atoms with van der Waals surface area (Å²) in [4.78, 5) is 22.8. The summed E-state index contributed by atoms with van der Waals surface area (Å²) in [5, 5.41) is 14.6. The molecule has 2 atom stereocenters. The van der Waals surface area contributed by atoms with E-state index in [9.17, 15) is 9.59 Å². The molecule has 0 spiro atoms. The number of carboxylic acids is 1. The Kier molecular flexibility index (Phi) is 4.45. The van der Waals surface area contributed by atoms with Gasteiger partial charge in [0.2, 0.25) is 0 Å². The highest BCUT2D eigenvalue weighted by atomic mass is 16.5. The summed E-state index contributed by atoms with van der Waals surface area (Å²) in [5.41, 5.74) is 0.856. The van der Waals surface area contributed by atoms with Gasteiger partial charge in [0, 0.05) is 6.04 Å². The summed E-state index contributed by atoms with van der Waals surface area (Å²) >= 11 is 0. The number of para-hydroxylation sites is 2. The highest BCUT2D eigenvalue weighted by molar-refractivity contribution is 5.83. The number of carbonyl (C=O) groups is 2. The van der Waals surface area contributed by atoms with Crippen LogP contribution in [0.3, 0.4) is 0 Å². The van der Waals surface area contributed by atoms with Crippen molar-refractivity contribution in [2.24, 2.45) is 0 Å². The van der Waals surface area contributed by atoms with Gasteiger partial charge in [0.15, 0.2) is 6.10 Å². The van der Waals surface area contributed by atoms with Crippen LogP contribution in [0.1, 0.15) is 19.8 Å². The normalized spacial score (nSPS) is 18.1. The SMILES string of the molecule is CCC(CC(=O)O)NC(=O)C1CNc2ccccc2O1. The lowest BCUT2D eigenvalue weighted by Crippen LogP contribution is -2.48. The van der Waals surface area contributed by atoms with Crippen molar-refractivity contribution in [3.8, 4) is 5.75 Å². The molecule has 0 saturated heterocycles. The van der Waals surface area contributed by atoms with Gasteiger partial charge < -0.3 is 20.5 Å². The van der Waals surface area contributed by atoms with Crippen LogP contribution in [0, 0.1) is 0 Å². The van der Waals surface area contributed by atoms with Crippen molar-refractivity contribution < 1.29 is 19.4 Å². The van der Waals surface area contributed by atoms with Crippen LogP contribution >= 0.6 is 0 Å². The summed E-state index contributed by atoms with van der Waals surface area (Å²) in [6.07, 6.45) is -0.166. The number of ether oxygens (including phenoxy) is 1. The van der Waals surface area contributed by atoms with E-state index in [0.29, 0.717) is 18.7 Å². The Morgan fingerprint density at radius 2 is 2.25 bits per heavy atom. The van der Waals surface area contributed by atoms with Crippen LogP contribution < -0.4 is 15.4 Å². The smallest absolute Gasteiger partial charge is 0.305 e. The molecule has 1 aromatic carbocycles. The fourth-order valence-corrected chi connectivity index (χ4v) is 2.06. The highest BCUT2D eigenvalue weighted by Crippen LogP contribution is 2.28. The van der Waals surface area contributed by atoms with E-state index in [1.54, 1.807) is 6.07 Å². The molecule has 3 N–H and O–H groups in total. The second-order valence-corrected chi connectivity index (χ2v) is 4.70. The third-order valence-electron chi connectivity index (χ3n) is 3.19. The van der Waals surface area contributed by atoms with Gasteiger partial charge in [0.05, 0.1) is 18.7 Å². The number of aliphatic carboxylic acids is 1. The molecule has 6 nitrogen and oxygen atoms in total. The first-order chi connectivity index (χ1) is 9.60. The Hall–Kier alpha value is -2.24. The predicted octanol–water partition coefficient (Wildman–Crippen LogP) is 1.23. The zero-order chi connectivity index (χ0) is 14.5. The number of nitrogens with one attached hydrogen (secondary N) is 2. The third-order valence-corrected chi connectivity index (χ3v) is 3.19. The highest BCUT2D eigenvalue weighted by Gasteiger charge is 2.27. The van der Waals surface area contributed by atoms with E-state index in [-0.39, 0.29) is 18.4 Å². The molecule has 108 valence electrons. The molecule has 0 fully saturated rings. The molecular weight excluding hydrogens is 260 g/mol. The number of fused-ring (bicyclic) bond motifs is 1. The molecule has 2 rings (SSSR count). The van der Waals surface area contributed by atoms with Crippen LogP contribution in [0.5, 0.6) is 5.75 Å². The van der Waals surface area contributed by atoms with Gasteiger partial charge in [0.1, 0.15) is 5.75 Å². The summed E-state index contributed by atoms with van der Waals surface area (Å²) in [6.45, 7) is 2.20. The molecule has 6 heteroatoms. The topological polar surface area (TPSA) is 87.7 Å². The van der Waals surface area contributed by atoms with Gasteiger partial charge in [-0.15, -0.1) is 0 Å². The first-order valence-corrected chi connectivity index (χ1v) is 6.62. The molecule has 0 radical (unpaired) electrons. The number of carboxylic acid groups (broad SMARTS) is 1. The number of rotatable bonds is 5. The van der Waals surface area contributed by atoms with Crippen LogP contribution in [0.4, 0.5) is 5.69 Å². The number of carbonyl (C=O) groups excluding carboxylic acids is 1. The predicted molar refractivity (Wildman–Crippen MR) is 73.8 cm³/mol. The molecule has 1 aliphatic heterocycles. The molecule has 1 heterocycles. The summed E-state index contributed by atoms with van der Waals surface area (Å²) < 4.78 is 5.62. The molecule has 1 aliphatic rings. The maximum atomic E-state index is 12.1. The zero-order valence-electron chi connectivity index (χ0n) is 11.3. The Balaban J connectivity index is 1.95. The van der Waals surface area contributed by atoms with E-state index in [1.165, 1.54) is 0 Å². The number of hydrogen-bond acceptors (Lipinski definition) is 4. The molecule has 20 heavy (non-hydrogen) atoms. The minimum absolute atomic E-state index is 0.0843. The number of anilines is 1. The summed E-state index contributed by atoms with van der Waals surface area (Å²) in [5.74, 6) is -0.588. The molecule has 0 aromatic heterocycles. The van der Waals surface area contributed by atoms with E-state index < -0.39 is 12.1 Å². The lowest BCUT2D eigenvalue weighted by atomic mass is 10.1. The summed E-state index contributed by atoms with van der Waals surface area (Å²) in [6, 6.07) is 7.01. The van der Waals surface area contributed by atoms with Crippen molar-refractivity contribution >= 4 is 17.6 Å². The number of benzene rings is 1. The monoisotopic (exact) mass is 278 g/mol. The van der Waals surface area contributed by atoms with Crippen LogP contribution in [-0.4, -0.2) is 35.7 Å². The van der Waals surface area contributed by atoms with Gasteiger partial charge in [-0.2, -0.15) is 0 Å². The van der Waals surface area contributed by atoms with Crippen molar-refractivity contribution in [3.05, 3.63) is 24.3 Å². The van der Waals surface area contributed by atoms with Gasteiger partial charge in [-0.3, -0.25) is 9.59 Å². The average Bonchev–Trinajstić information content (AvgIpc) is 2.45. The molecule has 2 unspecified atom stereocenters. The molecular formula is C14H18N2O4. The maximum Gasteiger partial charge on any atom is 0.305 e. The Morgan fingerprint density at radius 1 is 1.50 bits per heavy atom. The lowest BCUT2D eigenvalue weighted by molar-refractivity contribution is -0.138. The second-order valence-electron chi connectivity index (χ2n) is 4.70. The third kappa shape index (κ3) is 3.40. The molecule has 0 aliphatic carbocycles. The van der Waals surface area contributed by atoms with E-state index in [1.807, 2.05) is 25.1 Å². The number of amides is 1. The number of hydrogen-bond donors (Lipinski definition) is 3. The van der Waals surface area contributed by atoms with Gasteiger partial charge in [0.25, 0.3) is 5.91 Å². The van der Waals surface area contributed by atoms with E-state index in [4.69, 9.17) is 9.84 Å². The van der Waals surface area contributed by atoms with Gasteiger partial charge in [-0.05, 0) is 18.6 Å². The quantitative estimate of drug-likeness (QED) is 0.754. The summed E-state index contributed by atoms with van der Waals surface area (Å²) in [7, 11) is 0. The molecule has 0 saturated carbocycles. The van der Waals surface area contributed by atoms with Crippen molar-refractivity contribution in [1.29, 1.82) is 0 Å². The van der Waals surface area contributed by atoms with Crippen molar-refractivity contribution in [2.45, 2.75) is 31.9 Å². The largest absolute Gasteiger partial charge is 0.481 e. The van der Waals surface area contributed by atoms with Gasteiger partial charge >= 0.3 is 5.97 Å². The molecule has 1 amide bonds. The fraction of sp³-hybridized carbons (Fsp3) is 0.429. The minimum atomic E-state index is -0.926. The Labute approximate surface area is 117 Å². The standard InChI is InChI=1S/C14H18N2O4/c1-2-9(7-13(17)18)16-14(19)12-8-15-10-5-3-4-6-11(10)20-12/h3-6,9,12,15H,2,7-8H2,1H3,(H,16,19)(H,17,18). The van der Waals surface area contributed by atoms with E-state index >= 15 is 0 Å². The van der Waals surface area contributed by atoms with E-state index in [2.05, 4.69) is 10.6 Å². The van der Waals surface area contributed by atoms with E-state index in [0.717, 1.165) is 5.69 Å². The minimum Gasteiger partial charge on any atom is -0.481 e. The van der Waals surface area contributed by atoms with Crippen LogP contribution in [0.15, 0.2) is 24.3 Å². The Morgan fingerprint density at radius 3 is 2.95 bits per heavy atom. The van der Waals surface area contributed by atoms with Crippen molar-refractivity contribution in [1.82, 2.24) is 5.32 Å². The Bertz CT molecular complexity index is 504. The van der Waals surface area contributed by atoms with Crippen LogP contribution in [0.25, 0.3) is 0 Å². The van der Waals surface area contributed by atoms with Crippen molar-refractivity contribution in [2.75, 3.05) is 11.9 Å². The van der Waals surface area contributed by atoms with Gasteiger partial charge in [-0.25, -0.2) is 0 Å². The van der Waals surface area contributed by atoms with Gasteiger partial charge in [-0.1, -0.05) is 19.1 Å². The average molecular weight is 278 g/mol.